The normalized spacial score (nSPS) is 21.4. The number of rotatable bonds is 4. The molecule has 0 radical (unpaired) electrons. The zero-order chi connectivity index (χ0) is 40.3. The van der Waals surface area contributed by atoms with Crippen molar-refractivity contribution >= 4 is 90.7 Å². The van der Waals surface area contributed by atoms with Gasteiger partial charge in [0, 0.05) is 45.4 Å². The largest absolute Gasteiger partial charge is 0.411 e. The van der Waals surface area contributed by atoms with Crippen molar-refractivity contribution in [2.45, 2.75) is 49.7 Å². The van der Waals surface area contributed by atoms with Crippen LogP contribution in [0.25, 0.3) is 43.1 Å². The minimum absolute atomic E-state index is 0.0773. The molecule has 0 atom stereocenters. The van der Waals surface area contributed by atoms with Crippen LogP contribution in [-0.4, -0.2) is 64.6 Å². The molecule has 2 aliphatic heterocycles. The lowest BCUT2D eigenvalue weighted by Gasteiger charge is -2.51. The molecule has 1 saturated carbocycles. The standard InChI is InChI=1S/C52H46B2N4O2/c1-55-41-25-23-31-19-21-33-27-37(49(47(41)43(31)33)57(3)53(55)39-17-9-13-29-11-5-7-15-35(29)39)45-51(59)46(52(45)60)38-28-34-22-20-32-24-26-42-48(44(32)34)50(38)58(4)54(56(42)2)40-18-10-14-30-12-6-8-16-36(30)40/h5-18,23-28,45-46,51-52,59-60H,19-22H2,1-4H3. The van der Waals surface area contributed by atoms with Crippen molar-refractivity contribution in [3.05, 3.63) is 155 Å². The van der Waals surface area contributed by atoms with Gasteiger partial charge in [-0.1, -0.05) is 109 Å². The van der Waals surface area contributed by atoms with Gasteiger partial charge in [0.05, 0.1) is 12.2 Å². The van der Waals surface area contributed by atoms with Gasteiger partial charge in [0.1, 0.15) is 0 Å². The Morgan fingerprint density at radius 1 is 0.433 bits per heavy atom. The Balaban J connectivity index is 0.976. The molecule has 0 amide bonds. The van der Waals surface area contributed by atoms with Gasteiger partial charge < -0.3 is 29.5 Å². The average molecular weight is 781 g/mol. The minimum atomic E-state index is -0.768. The number of aryl methyl sites for hydroxylation is 4. The van der Waals surface area contributed by atoms with Gasteiger partial charge in [-0.25, -0.2) is 0 Å². The fourth-order valence-corrected chi connectivity index (χ4v) is 12.9. The molecule has 0 spiro atoms. The highest BCUT2D eigenvalue weighted by Crippen LogP contribution is 2.58. The van der Waals surface area contributed by atoms with E-state index in [-0.39, 0.29) is 14.0 Å². The molecule has 8 aromatic rings. The fraction of sp³-hybridized carbons (Fsp3) is 0.231. The van der Waals surface area contributed by atoms with Gasteiger partial charge in [0.25, 0.3) is 0 Å². The smallest absolute Gasteiger partial charge is 0.394 e. The summed E-state index contributed by atoms with van der Waals surface area (Å²) >= 11 is 0. The van der Waals surface area contributed by atoms with Crippen molar-refractivity contribution in [3.8, 4) is 0 Å². The molecule has 60 heavy (non-hydrogen) atoms. The molecule has 3 aliphatic carbocycles. The summed E-state index contributed by atoms with van der Waals surface area (Å²) in [4.78, 5) is 9.74. The number of fused-ring (bicyclic) bond motifs is 2. The zero-order valence-electron chi connectivity index (χ0n) is 34.5. The summed E-state index contributed by atoms with van der Waals surface area (Å²) in [6, 6.07) is 44.6. The number of aliphatic hydroxyl groups excluding tert-OH is 2. The Bertz CT molecular complexity index is 2960. The summed E-state index contributed by atoms with van der Waals surface area (Å²) in [5.41, 5.74) is 14.8. The van der Waals surface area contributed by atoms with Crippen LogP contribution < -0.4 is 30.2 Å². The lowest BCUT2D eigenvalue weighted by atomic mass is 9.57. The second kappa shape index (κ2) is 12.3. The molecular formula is C52H46B2N4O2. The van der Waals surface area contributed by atoms with Gasteiger partial charge in [0.15, 0.2) is 0 Å². The van der Waals surface area contributed by atoms with Crippen LogP contribution in [0.5, 0.6) is 0 Å². The molecule has 0 aromatic heterocycles. The highest BCUT2D eigenvalue weighted by Gasteiger charge is 2.55. The molecule has 2 N–H and O–H groups in total. The van der Waals surface area contributed by atoms with Crippen molar-refractivity contribution in [3.63, 3.8) is 0 Å². The molecule has 0 bridgehead atoms. The third-order valence-electron chi connectivity index (χ3n) is 15.5. The summed E-state index contributed by atoms with van der Waals surface area (Å²) in [7, 11) is 8.89. The van der Waals surface area contributed by atoms with Gasteiger partial charge in [-0.05, 0) is 143 Å². The van der Waals surface area contributed by atoms with E-state index in [1.807, 2.05) is 0 Å². The number of hydrogen-bond donors (Lipinski definition) is 2. The Kier molecular flexibility index (Phi) is 7.15. The minimum Gasteiger partial charge on any atom is -0.394 e. The number of benzene rings is 8. The topological polar surface area (TPSA) is 53.4 Å². The monoisotopic (exact) mass is 780 g/mol. The third kappa shape index (κ3) is 4.38. The van der Waals surface area contributed by atoms with E-state index in [0.29, 0.717) is 0 Å². The average Bonchev–Trinajstić information content (AvgIpc) is 3.89. The summed E-state index contributed by atoms with van der Waals surface area (Å²) in [6.07, 6.45) is 2.44. The van der Waals surface area contributed by atoms with Crippen LogP contribution in [0.4, 0.5) is 22.7 Å². The molecule has 1 fully saturated rings. The van der Waals surface area contributed by atoms with Crippen molar-refractivity contribution in [1.29, 1.82) is 0 Å². The molecule has 13 rings (SSSR count). The van der Waals surface area contributed by atoms with E-state index >= 15 is 0 Å². The molecular weight excluding hydrogens is 734 g/mol. The number of anilines is 4. The van der Waals surface area contributed by atoms with E-state index in [0.717, 1.165) is 48.2 Å². The van der Waals surface area contributed by atoms with Crippen molar-refractivity contribution in [2.24, 2.45) is 0 Å². The lowest BCUT2D eigenvalue weighted by Crippen LogP contribution is -2.61. The van der Waals surface area contributed by atoms with E-state index < -0.39 is 24.0 Å². The molecule has 292 valence electrons. The predicted molar refractivity (Wildman–Crippen MR) is 252 cm³/mol. The maximum absolute atomic E-state index is 12.9. The third-order valence-corrected chi connectivity index (χ3v) is 15.5. The number of nitrogens with zero attached hydrogens (tertiary/aromatic N) is 4. The van der Waals surface area contributed by atoms with Crippen molar-refractivity contribution in [2.75, 3.05) is 47.4 Å². The van der Waals surface area contributed by atoms with Gasteiger partial charge in [-0.2, -0.15) is 0 Å². The van der Waals surface area contributed by atoms with E-state index in [1.165, 1.54) is 87.6 Å². The summed E-state index contributed by atoms with van der Waals surface area (Å²) in [5.74, 6) is -0.871. The Labute approximate surface area is 351 Å². The molecule has 8 aromatic carbocycles. The first-order valence-corrected chi connectivity index (χ1v) is 21.8. The number of hydrogen-bond acceptors (Lipinski definition) is 6. The van der Waals surface area contributed by atoms with Crippen molar-refractivity contribution in [1.82, 2.24) is 0 Å². The van der Waals surface area contributed by atoms with Crippen LogP contribution in [0, 0.1) is 0 Å². The summed E-state index contributed by atoms with van der Waals surface area (Å²) in [5, 5.41) is 35.9. The van der Waals surface area contributed by atoms with Gasteiger partial charge in [0.2, 0.25) is 0 Å². The van der Waals surface area contributed by atoms with Crippen molar-refractivity contribution < 1.29 is 10.2 Å². The molecule has 0 unspecified atom stereocenters. The SMILES string of the molecule is CN1B(c2cccc3ccccc23)N(C)c2c(C3C(O)C(c4cc5c6c(ccc7c6c4N(C)B(c4cccc6ccccc46)N7C)CC5)C3O)cc3c4c(ccc1c24)CC3. The number of aliphatic hydroxyl groups is 2. The van der Waals surface area contributed by atoms with Crippen LogP contribution in [-0.2, 0) is 25.7 Å². The van der Waals surface area contributed by atoms with E-state index in [4.69, 9.17) is 0 Å². The highest BCUT2D eigenvalue weighted by atomic mass is 16.3. The summed E-state index contributed by atoms with van der Waals surface area (Å²) in [6.45, 7) is -0.155. The van der Waals surface area contributed by atoms with Crippen LogP contribution in [0.1, 0.15) is 45.2 Å². The predicted octanol–water partition coefficient (Wildman–Crippen LogP) is 7.66. The molecule has 8 heteroatoms. The molecule has 6 nitrogen and oxygen atoms in total. The first-order valence-electron chi connectivity index (χ1n) is 21.8. The fourth-order valence-electron chi connectivity index (χ4n) is 12.9. The van der Waals surface area contributed by atoms with E-state index in [2.05, 4.69) is 169 Å². The first kappa shape index (κ1) is 34.9. The first-order chi connectivity index (χ1) is 29.3. The van der Waals surface area contributed by atoms with Crippen LogP contribution in [0.3, 0.4) is 0 Å². The van der Waals surface area contributed by atoms with Crippen LogP contribution >= 0.6 is 0 Å². The van der Waals surface area contributed by atoms with Gasteiger partial charge in [-0.3, -0.25) is 0 Å². The van der Waals surface area contributed by atoms with Gasteiger partial charge >= 0.3 is 14.0 Å². The quantitative estimate of drug-likeness (QED) is 0.179. The van der Waals surface area contributed by atoms with E-state index in [1.54, 1.807) is 0 Å². The second-order valence-electron chi connectivity index (χ2n) is 18.3. The zero-order valence-corrected chi connectivity index (χ0v) is 34.5. The van der Waals surface area contributed by atoms with E-state index in [9.17, 15) is 10.2 Å². The Morgan fingerprint density at radius 2 is 0.833 bits per heavy atom. The Hall–Kier alpha value is -5.95. The second-order valence-corrected chi connectivity index (χ2v) is 18.3. The summed E-state index contributed by atoms with van der Waals surface area (Å²) < 4.78 is 0. The highest BCUT2D eigenvalue weighted by molar-refractivity contribution is 6.83. The van der Waals surface area contributed by atoms with Gasteiger partial charge in [-0.15, -0.1) is 0 Å². The van der Waals surface area contributed by atoms with Crippen LogP contribution in [0.15, 0.2) is 121 Å². The lowest BCUT2D eigenvalue weighted by molar-refractivity contribution is -0.0781. The maximum atomic E-state index is 12.9. The molecule has 0 saturated heterocycles. The maximum Gasteiger partial charge on any atom is 0.411 e. The Morgan fingerprint density at radius 3 is 1.28 bits per heavy atom. The molecule has 2 heterocycles. The van der Waals surface area contributed by atoms with Crippen LogP contribution in [0.2, 0.25) is 0 Å². The molecule has 5 aliphatic rings.